The first-order valence-corrected chi connectivity index (χ1v) is 12.7. The van der Waals surface area contributed by atoms with Crippen LogP contribution >= 0.6 is 12.6 Å². The number of carboxylic acids is 3. The standard InChI is InChI=1S/C20H23N7O6.C4H9NO2S/c1-9(18(30)31)6-13(19(32)33)25-16(28)10-2-4-11(5-3-10)22-7-12-8-23-15-14(24-12)17(29)27-20(21)26-15;5-3(1-2-8)4(6)7/h2-5,12-13,22,24H,1,6-8H2,(H,25,28)(H,30,31)(H,32,33)(H4,21,23,26,27,29);3,8H,1-2,5H2,(H,6,7)/t12?,13-;3-/m00/s1. The molecule has 0 bridgehead atoms. The third-order valence-corrected chi connectivity index (χ3v) is 5.87. The summed E-state index contributed by atoms with van der Waals surface area (Å²) >= 11 is 3.81. The average Bonchev–Trinajstić information content (AvgIpc) is 2.92. The largest absolute Gasteiger partial charge is 0.480 e. The first-order valence-electron chi connectivity index (χ1n) is 12.1. The number of thiol groups is 1. The maximum Gasteiger partial charge on any atom is 0.331 e. The van der Waals surface area contributed by atoms with Crippen LogP contribution in [0.5, 0.6) is 0 Å². The lowest BCUT2D eigenvalue weighted by Gasteiger charge is -2.27. The SMILES string of the molecule is C=C(C[C@H](NC(=O)c1ccc(NCC2CNc3nc(N)[nH]c(=O)c3N2)cc1)C(=O)O)C(=O)O.N[C@@H](CCS)C(=O)O. The molecule has 1 aliphatic heterocycles. The van der Waals surface area contributed by atoms with E-state index in [1.54, 1.807) is 12.1 Å². The van der Waals surface area contributed by atoms with Gasteiger partial charge in [0.1, 0.15) is 17.8 Å². The number of hydrogen-bond acceptors (Lipinski definition) is 12. The highest BCUT2D eigenvalue weighted by Crippen LogP contribution is 2.20. The molecule has 2 aromatic rings. The van der Waals surface area contributed by atoms with Crippen molar-refractivity contribution in [2.24, 2.45) is 5.73 Å². The predicted octanol–water partition coefficient (Wildman–Crippen LogP) is -0.398. The van der Waals surface area contributed by atoms with Gasteiger partial charge in [0.15, 0.2) is 5.82 Å². The maximum absolute atomic E-state index is 12.4. The van der Waals surface area contributed by atoms with Gasteiger partial charge in [-0.2, -0.15) is 17.6 Å². The number of anilines is 4. The number of nitrogen functional groups attached to an aromatic ring is 1. The van der Waals surface area contributed by atoms with Crippen LogP contribution in [0.25, 0.3) is 0 Å². The van der Waals surface area contributed by atoms with E-state index < -0.39 is 42.3 Å². The minimum atomic E-state index is -1.42. The highest BCUT2D eigenvalue weighted by molar-refractivity contribution is 7.80. The zero-order valence-electron chi connectivity index (χ0n) is 21.7. The van der Waals surface area contributed by atoms with Crippen LogP contribution in [0.15, 0.2) is 41.2 Å². The van der Waals surface area contributed by atoms with Crippen molar-refractivity contribution in [2.75, 3.05) is 40.5 Å². The Labute approximate surface area is 239 Å². The molecule has 3 rings (SSSR count). The summed E-state index contributed by atoms with van der Waals surface area (Å²) in [5.74, 6) is -3.39. The van der Waals surface area contributed by atoms with E-state index in [0.29, 0.717) is 42.5 Å². The van der Waals surface area contributed by atoms with E-state index in [-0.39, 0.29) is 28.7 Å². The normalized spacial score (nSPS) is 14.8. The van der Waals surface area contributed by atoms with Crippen LogP contribution in [0.4, 0.5) is 23.1 Å². The molecule has 2 heterocycles. The van der Waals surface area contributed by atoms with Crippen LogP contribution in [0, 0.1) is 0 Å². The summed E-state index contributed by atoms with van der Waals surface area (Å²) < 4.78 is 0. The van der Waals surface area contributed by atoms with Crippen LogP contribution < -0.4 is 38.3 Å². The first kappa shape index (κ1) is 32.4. The van der Waals surface area contributed by atoms with Crippen molar-refractivity contribution in [3.8, 4) is 0 Å². The Morgan fingerprint density at radius 3 is 2.34 bits per heavy atom. The van der Waals surface area contributed by atoms with Gasteiger partial charge in [0.05, 0.1) is 6.04 Å². The van der Waals surface area contributed by atoms with Gasteiger partial charge < -0.3 is 48.1 Å². The zero-order valence-corrected chi connectivity index (χ0v) is 22.6. The van der Waals surface area contributed by atoms with Gasteiger partial charge in [-0.1, -0.05) is 6.58 Å². The molecule has 1 unspecified atom stereocenters. The number of nitrogens with two attached hydrogens (primary N) is 2. The number of aliphatic carboxylic acids is 3. The van der Waals surface area contributed by atoms with Crippen molar-refractivity contribution in [1.29, 1.82) is 0 Å². The molecular weight excluding hydrogens is 560 g/mol. The summed E-state index contributed by atoms with van der Waals surface area (Å²) in [7, 11) is 0. The number of H-pyrrole nitrogens is 1. The van der Waals surface area contributed by atoms with Crippen LogP contribution in [0.2, 0.25) is 0 Å². The number of carboxylic acid groups (broad SMARTS) is 3. The molecule has 1 aromatic carbocycles. The number of hydrogen-bond donors (Lipinski definition) is 11. The Morgan fingerprint density at radius 1 is 1.15 bits per heavy atom. The molecule has 222 valence electrons. The molecule has 12 N–H and O–H groups in total. The Balaban J connectivity index is 0.000000642. The average molecular weight is 593 g/mol. The summed E-state index contributed by atoms with van der Waals surface area (Å²) in [6.07, 6.45) is 0.00495. The summed E-state index contributed by atoms with van der Waals surface area (Å²) in [6.45, 7) is 4.23. The third kappa shape index (κ3) is 10.0. The van der Waals surface area contributed by atoms with Crippen molar-refractivity contribution >= 4 is 59.6 Å². The summed E-state index contributed by atoms with van der Waals surface area (Å²) in [4.78, 5) is 63.0. The summed E-state index contributed by atoms with van der Waals surface area (Å²) in [5.41, 5.74) is 11.1. The summed E-state index contributed by atoms with van der Waals surface area (Å²) in [6, 6.07) is 3.99. The van der Waals surface area contributed by atoms with E-state index in [2.05, 4.69) is 50.4 Å². The number of nitrogens with one attached hydrogen (secondary N) is 5. The van der Waals surface area contributed by atoms with Crippen molar-refractivity contribution in [1.82, 2.24) is 15.3 Å². The van der Waals surface area contributed by atoms with Gasteiger partial charge in [0.2, 0.25) is 5.95 Å². The second-order valence-corrected chi connectivity index (χ2v) is 9.24. The minimum Gasteiger partial charge on any atom is -0.480 e. The highest BCUT2D eigenvalue weighted by atomic mass is 32.1. The molecule has 17 heteroatoms. The third-order valence-electron chi connectivity index (χ3n) is 5.62. The highest BCUT2D eigenvalue weighted by Gasteiger charge is 2.24. The summed E-state index contributed by atoms with van der Waals surface area (Å²) in [5, 5.41) is 37.9. The topological polar surface area (TPSA) is 275 Å². The Bertz CT molecular complexity index is 1330. The number of aromatic nitrogens is 2. The lowest BCUT2D eigenvalue weighted by atomic mass is 10.1. The van der Waals surface area contributed by atoms with Gasteiger partial charge in [-0.25, -0.2) is 9.59 Å². The monoisotopic (exact) mass is 592 g/mol. The molecule has 1 aliphatic rings. The van der Waals surface area contributed by atoms with E-state index >= 15 is 0 Å². The van der Waals surface area contributed by atoms with E-state index in [4.69, 9.17) is 21.7 Å². The smallest absolute Gasteiger partial charge is 0.331 e. The van der Waals surface area contributed by atoms with Gasteiger partial charge in [-0.05, 0) is 36.4 Å². The van der Waals surface area contributed by atoms with Crippen LogP contribution in [-0.2, 0) is 14.4 Å². The molecule has 1 amide bonds. The number of fused-ring (bicyclic) bond motifs is 1. The molecule has 0 saturated heterocycles. The van der Waals surface area contributed by atoms with E-state index in [1.165, 1.54) is 12.1 Å². The molecule has 16 nitrogen and oxygen atoms in total. The number of benzene rings is 1. The lowest BCUT2D eigenvalue weighted by molar-refractivity contribution is -0.140. The molecule has 1 aromatic heterocycles. The van der Waals surface area contributed by atoms with Gasteiger partial charge in [-0.15, -0.1) is 0 Å². The van der Waals surface area contributed by atoms with Crippen molar-refractivity contribution in [3.63, 3.8) is 0 Å². The number of carbonyl (C=O) groups excluding carboxylic acids is 1. The lowest BCUT2D eigenvalue weighted by Crippen LogP contribution is -2.41. The second-order valence-electron chi connectivity index (χ2n) is 8.79. The molecule has 3 atom stereocenters. The van der Waals surface area contributed by atoms with Crippen LogP contribution in [0.1, 0.15) is 23.2 Å². The van der Waals surface area contributed by atoms with Crippen LogP contribution in [-0.4, -0.2) is 86.1 Å². The fraction of sp³-hybridized carbons (Fsp3) is 0.333. The molecule has 0 aliphatic carbocycles. The van der Waals surface area contributed by atoms with Gasteiger partial charge in [-0.3, -0.25) is 19.4 Å². The number of nitrogens with zero attached hydrogens (tertiary/aromatic N) is 1. The maximum atomic E-state index is 12.4. The van der Waals surface area contributed by atoms with E-state index in [0.717, 1.165) is 0 Å². The second kappa shape index (κ2) is 15.1. The fourth-order valence-corrected chi connectivity index (χ4v) is 3.65. The molecule has 0 fully saturated rings. The number of rotatable bonds is 12. The fourth-order valence-electron chi connectivity index (χ4n) is 3.37. The minimum absolute atomic E-state index is 0.0234. The molecule has 41 heavy (non-hydrogen) atoms. The predicted molar refractivity (Wildman–Crippen MR) is 154 cm³/mol. The Hall–Kier alpha value is -4.77. The van der Waals surface area contributed by atoms with Crippen molar-refractivity contribution < 1.29 is 34.5 Å². The van der Waals surface area contributed by atoms with Gasteiger partial charge >= 0.3 is 17.9 Å². The molecular formula is C24H32N8O8S. The number of aromatic amines is 1. The number of amides is 1. The molecule has 0 spiro atoms. The number of carbonyl (C=O) groups is 4. The Kier molecular flexibility index (Phi) is 12.0. The van der Waals surface area contributed by atoms with E-state index in [9.17, 15) is 29.1 Å². The van der Waals surface area contributed by atoms with Crippen molar-refractivity contribution in [3.05, 3.63) is 52.3 Å². The van der Waals surface area contributed by atoms with Gasteiger partial charge in [0.25, 0.3) is 11.5 Å². The first-order chi connectivity index (χ1) is 19.3. The van der Waals surface area contributed by atoms with E-state index in [1.807, 2.05) is 0 Å². The zero-order chi connectivity index (χ0) is 30.7. The van der Waals surface area contributed by atoms with Crippen LogP contribution in [0.3, 0.4) is 0 Å². The van der Waals surface area contributed by atoms with Gasteiger partial charge in [0, 0.05) is 36.3 Å². The molecule has 0 radical (unpaired) electrons. The molecule has 0 saturated carbocycles. The quantitative estimate of drug-likeness (QED) is 0.111. The van der Waals surface area contributed by atoms with Crippen molar-refractivity contribution in [2.45, 2.75) is 31.0 Å². The Morgan fingerprint density at radius 2 is 1.80 bits per heavy atom.